The van der Waals surface area contributed by atoms with Crippen molar-refractivity contribution in [1.82, 2.24) is 10.1 Å². The highest BCUT2D eigenvalue weighted by Gasteiger charge is 2.32. The van der Waals surface area contributed by atoms with Gasteiger partial charge in [-0.15, -0.1) is 0 Å². The second kappa shape index (κ2) is 6.08. The summed E-state index contributed by atoms with van der Waals surface area (Å²) in [5.41, 5.74) is 1.42. The van der Waals surface area contributed by atoms with E-state index in [9.17, 15) is 9.18 Å². The third-order valence-electron chi connectivity index (χ3n) is 3.92. The topological polar surface area (TPSA) is 46.3 Å². The molecule has 1 amide bonds. The molecule has 116 valence electrons. The minimum Gasteiger partial charge on any atom is -0.361 e. The van der Waals surface area contributed by atoms with Crippen LogP contribution in [0.25, 0.3) is 0 Å². The molecule has 1 aromatic carbocycles. The van der Waals surface area contributed by atoms with Gasteiger partial charge in [0.2, 0.25) is 5.91 Å². The van der Waals surface area contributed by atoms with Crippen molar-refractivity contribution in [3.63, 3.8) is 0 Å². The van der Waals surface area contributed by atoms with Crippen LogP contribution in [0.1, 0.15) is 35.9 Å². The zero-order valence-corrected chi connectivity index (χ0v) is 12.9. The molecule has 1 aliphatic heterocycles. The summed E-state index contributed by atoms with van der Waals surface area (Å²) < 4.78 is 18.2. The van der Waals surface area contributed by atoms with Crippen molar-refractivity contribution < 1.29 is 13.7 Å². The highest BCUT2D eigenvalue weighted by molar-refractivity contribution is 6.31. The molecule has 0 aliphatic carbocycles. The van der Waals surface area contributed by atoms with E-state index >= 15 is 0 Å². The Bertz CT molecular complexity index is 701. The molecule has 0 spiro atoms. The molecule has 0 bridgehead atoms. The lowest BCUT2D eigenvalue weighted by atomic mass is 10.1. The summed E-state index contributed by atoms with van der Waals surface area (Å²) in [6.45, 7) is 2.52. The SMILES string of the molecule is Cc1cc(C2CCCN2C(=O)Cc2ccc(F)cc2Cl)no1. The molecule has 0 N–H and O–H groups in total. The summed E-state index contributed by atoms with van der Waals surface area (Å²) in [6, 6.07) is 5.91. The molecule has 6 heteroatoms. The zero-order valence-electron chi connectivity index (χ0n) is 12.2. The first-order valence-electron chi connectivity index (χ1n) is 7.21. The van der Waals surface area contributed by atoms with Crippen LogP contribution in [0.3, 0.4) is 0 Å². The van der Waals surface area contributed by atoms with Crippen molar-refractivity contribution in [2.75, 3.05) is 6.54 Å². The lowest BCUT2D eigenvalue weighted by molar-refractivity contribution is -0.131. The Kier molecular flexibility index (Phi) is 4.16. The third-order valence-corrected chi connectivity index (χ3v) is 4.27. The van der Waals surface area contributed by atoms with Crippen LogP contribution in [-0.4, -0.2) is 22.5 Å². The van der Waals surface area contributed by atoms with Crippen molar-refractivity contribution in [3.8, 4) is 0 Å². The first-order valence-corrected chi connectivity index (χ1v) is 7.59. The fourth-order valence-corrected chi connectivity index (χ4v) is 3.08. The van der Waals surface area contributed by atoms with Gasteiger partial charge in [0.15, 0.2) is 0 Å². The minimum absolute atomic E-state index is 0.0309. The van der Waals surface area contributed by atoms with Gasteiger partial charge in [-0.3, -0.25) is 4.79 Å². The van der Waals surface area contributed by atoms with Crippen molar-refractivity contribution in [3.05, 3.63) is 52.1 Å². The molecule has 2 heterocycles. The van der Waals surface area contributed by atoms with E-state index in [1.807, 2.05) is 13.0 Å². The molecule has 1 saturated heterocycles. The van der Waals surface area contributed by atoms with Gasteiger partial charge in [0.25, 0.3) is 0 Å². The minimum atomic E-state index is -0.404. The van der Waals surface area contributed by atoms with Crippen LogP contribution in [-0.2, 0) is 11.2 Å². The average Bonchev–Trinajstić information content (AvgIpc) is 3.10. The molecule has 2 aromatic rings. The van der Waals surface area contributed by atoms with Gasteiger partial charge in [0, 0.05) is 17.6 Å². The highest BCUT2D eigenvalue weighted by Crippen LogP contribution is 2.32. The maximum Gasteiger partial charge on any atom is 0.227 e. The van der Waals surface area contributed by atoms with Gasteiger partial charge < -0.3 is 9.42 Å². The van der Waals surface area contributed by atoms with Gasteiger partial charge >= 0.3 is 0 Å². The number of aromatic nitrogens is 1. The van der Waals surface area contributed by atoms with Crippen LogP contribution in [0.2, 0.25) is 5.02 Å². The summed E-state index contributed by atoms with van der Waals surface area (Å²) in [5.74, 6) is 0.297. The maximum absolute atomic E-state index is 13.1. The van der Waals surface area contributed by atoms with Crippen molar-refractivity contribution in [2.24, 2.45) is 0 Å². The Hall–Kier alpha value is -1.88. The second-order valence-corrected chi connectivity index (χ2v) is 5.93. The van der Waals surface area contributed by atoms with Crippen LogP contribution in [0.5, 0.6) is 0 Å². The van der Waals surface area contributed by atoms with Crippen LogP contribution < -0.4 is 0 Å². The molecule has 0 saturated carbocycles. The molecular formula is C16H16ClFN2O2. The number of likely N-dealkylation sites (tertiary alicyclic amines) is 1. The van der Waals surface area contributed by atoms with E-state index in [1.165, 1.54) is 12.1 Å². The number of halogens is 2. The Labute approximate surface area is 132 Å². The Morgan fingerprint density at radius 3 is 3.00 bits per heavy atom. The summed E-state index contributed by atoms with van der Waals surface area (Å²) in [5, 5.41) is 4.30. The van der Waals surface area contributed by atoms with Crippen molar-refractivity contribution in [2.45, 2.75) is 32.2 Å². The number of carbonyl (C=O) groups excluding carboxylic acids is 1. The Balaban J connectivity index is 1.76. The fourth-order valence-electron chi connectivity index (χ4n) is 2.84. The number of hydrogen-bond donors (Lipinski definition) is 0. The lowest BCUT2D eigenvalue weighted by Crippen LogP contribution is -2.32. The van der Waals surface area contributed by atoms with Gasteiger partial charge in [-0.05, 0) is 37.5 Å². The first kappa shape index (κ1) is 15.0. The van der Waals surface area contributed by atoms with Crippen LogP contribution in [0.4, 0.5) is 4.39 Å². The van der Waals surface area contributed by atoms with Crippen LogP contribution >= 0.6 is 11.6 Å². The largest absolute Gasteiger partial charge is 0.361 e. The first-order chi connectivity index (χ1) is 10.5. The smallest absolute Gasteiger partial charge is 0.227 e. The molecule has 1 fully saturated rings. The van der Waals surface area contributed by atoms with E-state index in [0.29, 0.717) is 12.1 Å². The second-order valence-electron chi connectivity index (χ2n) is 5.52. The quantitative estimate of drug-likeness (QED) is 0.866. The lowest BCUT2D eigenvalue weighted by Gasteiger charge is -2.23. The average molecular weight is 323 g/mol. The van der Waals surface area contributed by atoms with Crippen LogP contribution in [0, 0.1) is 12.7 Å². The molecule has 1 unspecified atom stereocenters. The van der Waals surface area contributed by atoms with Gasteiger partial charge in [-0.2, -0.15) is 0 Å². The highest BCUT2D eigenvalue weighted by atomic mass is 35.5. The predicted molar refractivity (Wildman–Crippen MR) is 80.0 cm³/mol. The van der Waals surface area contributed by atoms with Crippen molar-refractivity contribution >= 4 is 17.5 Å². The van der Waals surface area contributed by atoms with Gasteiger partial charge in [-0.1, -0.05) is 22.8 Å². The number of amides is 1. The summed E-state index contributed by atoms with van der Waals surface area (Å²) >= 11 is 6.00. The Morgan fingerprint density at radius 1 is 1.50 bits per heavy atom. The molecule has 1 atom stereocenters. The maximum atomic E-state index is 13.1. The molecule has 3 rings (SSSR count). The van der Waals surface area contributed by atoms with Gasteiger partial charge in [0.1, 0.15) is 17.3 Å². The van der Waals surface area contributed by atoms with E-state index in [-0.39, 0.29) is 23.4 Å². The standard InChI is InChI=1S/C16H16ClFN2O2/c1-10-7-14(19-22-10)15-3-2-6-20(15)16(21)8-11-4-5-12(18)9-13(11)17/h4-5,7,9,15H,2-3,6,8H2,1H3. The number of nitrogens with zero attached hydrogens (tertiary/aromatic N) is 2. The summed E-state index contributed by atoms with van der Waals surface area (Å²) in [4.78, 5) is 14.4. The summed E-state index contributed by atoms with van der Waals surface area (Å²) in [7, 11) is 0. The van der Waals surface area contributed by atoms with E-state index in [1.54, 1.807) is 11.0 Å². The fraction of sp³-hybridized carbons (Fsp3) is 0.375. The number of carbonyl (C=O) groups is 1. The molecule has 1 aromatic heterocycles. The summed E-state index contributed by atoms with van der Waals surface area (Å²) in [6.07, 6.45) is 1.96. The van der Waals surface area contributed by atoms with E-state index < -0.39 is 5.82 Å². The number of rotatable bonds is 3. The normalized spacial score (nSPS) is 18.0. The molecule has 0 radical (unpaired) electrons. The van der Waals surface area contributed by atoms with Gasteiger partial charge in [-0.25, -0.2) is 4.39 Å². The van der Waals surface area contributed by atoms with E-state index in [2.05, 4.69) is 5.16 Å². The van der Waals surface area contributed by atoms with Gasteiger partial charge in [0.05, 0.1) is 12.5 Å². The van der Waals surface area contributed by atoms with Crippen molar-refractivity contribution in [1.29, 1.82) is 0 Å². The zero-order chi connectivity index (χ0) is 15.7. The molecule has 4 nitrogen and oxygen atoms in total. The predicted octanol–water partition coefficient (Wildman–Crippen LogP) is 3.68. The molecule has 22 heavy (non-hydrogen) atoms. The molecular weight excluding hydrogens is 307 g/mol. The van der Waals surface area contributed by atoms with E-state index in [4.69, 9.17) is 16.1 Å². The van der Waals surface area contributed by atoms with E-state index in [0.717, 1.165) is 24.3 Å². The van der Waals surface area contributed by atoms with Crippen LogP contribution in [0.15, 0.2) is 28.8 Å². The number of aryl methyl sites for hydroxylation is 1. The number of benzene rings is 1. The Morgan fingerprint density at radius 2 is 2.32 bits per heavy atom. The third kappa shape index (κ3) is 2.99. The number of hydrogen-bond acceptors (Lipinski definition) is 3. The monoisotopic (exact) mass is 322 g/mol. The molecule has 1 aliphatic rings.